The summed E-state index contributed by atoms with van der Waals surface area (Å²) in [6.45, 7) is 25.0. The highest BCUT2D eigenvalue weighted by atomic mass is 32.2. The van der Waals surface area contributed by atoms with Crippen molar-refractivity contribution in [3.05, 3.63) is 53.6 Å². The van der Waals surface area contributed by atoms with Crippen LogP contribution in [0.1, 0.15) is 115 Å². The van der Waals surface area contributed by atoms with Crippen LogP contribution in [0.4, 0.5) is 0 Å². The molecule has 258 valence electrons. The topological polar surface area (TPSA) is 52.6 Å². The van der Waals surface area contributed by atoms with Gasteiger partial charge >= 0.3 is 5.97 Å². The third-order valence-corrected chi connectivity index (χ3v) is 17.0. The molecule has 7 rings (SSSR count). The van der Waals surface area contributed by atoms with E-state index in [1.807, 2.05) is 12.1 Å². The number of thioether (sulfide) groups is 1. The number of fused-ring (bicyclic) bond motifs is 7. The zero-order valence-electron chi connectivity index (χ0n) is 30.3. The van der Waals surface area contributed by atoms with Crippen molar-refractivity contribution in [2.45, 2.75) is 105 Å². The predicted octanol–water partition coefficient (Wildman–Crippen LogP) is 9.43. The molecule has 5 aliphatic carbocycles. The molecule has 4 saturated carbocycles. The van der Waals surface area contributed by atoms with Crippen LogP contribution in [-0.4, -0.2) is 59.2 Å². The van der Waals surface area contributed by atoms with Crippen molar-refractivity contribution < 1.29 is 9.90 Å². The van der Waals surface area contributed by atoms with Crippen LogP contribution in [0, 0.1) is 51.2 Å². The number of aromatic carboxylic acids is 1. The Morgan fingerprint density at radius 3 is 2.34 bits per heavy atom. The molecule has 2 N–H and O–H groups in total. The number of carbonyl (C=O) groups is 1. The zero-order valence-corrected chi connectivity index (χ0v) is 31.1. The van der Waals surface area contributed by atoms with Crippen LogP contribution in [0.5, 0.6) is 0 Å². The van der Waals surface area contributed by atoms with E-state index in [1.165, 1.54) is 99.2 Å². The molecule has 1 heterocycles. The Morgan fingerprint density at radius 1 is 0.936 bits per heavy atom. The minimum Gasteiger partial charge on any atom is -0.478 e. The molecule has 0 bridgehead atoms. The van der Waals surface area contributed by atoms with Gasteiger partial charge in [0.25, 0.3) is 0 Å². The summed E-state index contributed by atoms with van der Waals surface area (Å²) in [6, 6.07) is 7.67. The predicted molar refractivity (Wildman–Crippen MR) is 198 cm³/mol. The molecular formula is C42H62N2O2S. The molecule has 47 heavy (non-hydrogen) atoms. The lowest BCUT2D eigenvalue weighted by Crippen LogP contribution is -2.68. The van der Waals surface area contributed by atoms with E-state index in [4.69, 9.17) is 0 Å². The Bertz CT molecular complexity index is 1410. The van der Waals surface area contributed by atoms with Crippen molar-refractivity contribution in [3.63, 3.8) is 0 Å². The fourth-order valence-corrected chi connectivity index (χ4v) is 14.6. The van der Waals surface area contributed by atoms with Crippen molar-refractivity contribution in [2.24, 2.45) is 51.2 Å². The summed E-state index contributed by atoms with van der Waals surface area (Å²) in [5, 5.41) is 13.8. The third kappa shape index (κ3) is 5.17. The summed E-state index contributed by atoms with van der Waals surface area (Å²) in [5.41, 5.74) is 5.72. The van der Waals surface area contributed by atoms with E-state index in [2.05, 4.69) is 76.2 Å². The van der Waals surface area contributed by atoms with E-state index < -0.39 is 5.97 Å². The summed E-state index contributed by atoms with van der Waals surface area (Å²) < 4.78 is 0. The molecule has 1 unspecified atom stereocenters. The smallest absolute Gasteiger partial charge is 0.335 e. The second-order valence-corrected chi connectivity index (χ2v) is 19.4. The molecule has 1 aliphatic heterocycles. The van der Waals surface area contributed by atoms with Crippen LogP contribution in [0.2, 0.25) is 0 Å². The van der Waals surface area contributed by atoms with Crippen LogP contribution < -0.4 is 5.32 Å². The quantitative estimate of drug-likeness (QED) is 0.286. The normalized spacial score (nSPS) is 42.8. The highest BCUT2D eigenvalue weighted by Gasteiger charge is 2.70. The maximum Gasteiger partial charge on any atom is 0.335 e. The summed E-state index contributed by atoms with van der Waals surface area (Å²) in [5.74, 6) is 5.20. The zero-order chi connectivity index (χ0) is 33.4. The Labute approximate surface area is 290 Å². The third-order valence-electron chi connectivity index (χ3n) is 16.1. The van der Waals surface area contributed by atoms with Crippen molar-refractivity contribution in [1.82, 2.24) is 10.2 Å². The van der Waals surface area contributed by atoms with Crippen molar-refractivity contribution in [3.8, 4) is 0 Å². The largest absolute Gasteiger partial charge is 0.478 e. The molecule has 9 atom stereocenters. The minimum absolute atomic E-state index is 0.0476. The lowest BCUT2D eigenvalue weighted by Gasteiger charge is -2.72. The van der Waals surface area contributed by atoms with Gasteiger partial charge in [-0.2, -0.15) is 11.8 Å². The molecule has 0 aromatic heterocycles. The van der Waals surface area contributed by atoms with E-state index in [0.29, 0.717) is 34.1 Å². The lowest BCUT2D eigenvalue weighted by molar-refractivity contribution is -0.219. The SMILES string of the molecule is C=C(C)[C@@H]1CCC2(NCCN3CCSCC3)CC[C@]3(C)[C@H](CC[C@@H]4[C@@]5(C)CC=C(c6ccc(C(=O)O)cc6)C(C)(C)[C@@H]5CC[C@]43C)[C@@H]12. The Balaban J connectivity index is 1.17. The highest BCUT2D eigenvalue weighted by Crippen LogP contribution is 2.76. The van der Waals surface area contributed by atoms with Gasteiger partial charge in [-0.25, -0.2) is 4.79 Å². The average molecular weight is 659 g/mol. The number of nitrogens with one attached hydrogen (secondary N) is 1. The van der Waals surface area contributed by atoms with E-state index in [0.717, 1.165) is 24.8 Å². The highest BCUT2D eigenvalue weighted by molar-refractivity contribution is 7.99. The monoisotopic (exact) mass is 658 g/mol. The lowest BCUT2D eigenvalue weighted by atomic mass is 9.33. The second kappa shape index (κ2) is 12.0. The number of hydrogen-bond donors (Lipinski definition) is 2. The molecule has 1 aromatic carbocycles. The summed E-state index contributed by atoms with van der Waals surface area (Å²) in [6.07, 6.45) is 14.4. The van der Waals surface area contributed by atoms with Gasteiger partial charge in [0.05, 0.1) is 5.56 Å². The molecule has 5 heteroatoms. The molecule has 1 saturated heterocycles. The first-order valence-electron chi connectivity index (χ1n) is 19.0. The van der Waals surface area contributed by atoms with E-state index in [1.54, 1.807) is 12.1 Å². The van der Waals surface area contributed by atoms with Crippen LogP contribution in [0.25, 0.3) is 5.57 Å². The fraction of sp³-hybridized carbons (Fsp3) is 0.738. The number of hydrogen-bond acceptors (Lipinski definition) is 4. The molecule has 1 aromatic rings. The number of allylic oxidation sites excluding steroid dienone is 3. The minimum atomic E-state index is -0.851. The van der Waals surface area contributed by atoms with Gasteiger partial charge in [0, 0.05) is 43.2 Å². The first-order chi connectivity index (χ1) is 22.3. The van der Waals surface area contributed by atoms with Crippen molar-refractivity contribution >= 4 is 23.3 Å². The average Bonchev–Trinajstić information content (AvgIpc) is 3.42. The van der Waals surface area contributed by atoms with Gasteiger partial charge in [-0.3, -0.25) is 0 Å². The van der Waals surface area contributed by atoms with E-state index >= 15 is 0 Å². The first-order valence-corrected chi connectivity index (χ1v) is 20.2. The van der Waals surface area contributed by atoms with Gasteiger partial charge < -0.3 is 15.3 Å². The molecule has 6 aliphatic rings. The molecule has 0 radical (unpaired) electrons. The summed E-state index contributed by atoms with van der Waals surface area (Å²) >= 11 is 2.11. The van der Waals surface area contributed by atoms with Crippen LogP contribution in [0.3, 0.4) is 0 Å². The van der Waals surface area contributed by atoms with Crippen molar-refractivity contribution in [2.75, 3.05) is 37.7 Å². The number of nitrogens with zero attached hydrogens (tertiary/aromatic N) is 1. The Kier molecular flexibility index (Phi) is 8.69. The van der Waals surface area contributed by atoms with Gasteiger partial charge in [-0.05, 0) is 139 Å². The number of carboxylic acid groups (broad SMARTS) is 1. The van der Waals surface area contributed by atoms with Crippen LogP contribution in [-0.2, 0) is 0 Å². The van der Waals surface area contributed by atoms with Crippen LogP contribution >= 0.6 is 11.8 Å². The maximum absolute atomic E-state index is 11.5. The van der Waals surface area contributed by atoms with Crippen molar-refractivity contribution in [1.29, 1.82) is 0 Å². The molecular weight excluding hydrogens is 597 g/mol. The number of benzene rings is 1. The van der Waals surface area contributed by atoms with Gasteiger partial charge in [0.2, 0.25) is 0 Å². The first kappa shape index (κ1) is 33.9. The molecule has 0 amide bonds. The van der Waals surface area contributed by atoms with Crippen LogP contribution in [0.15, 0.2) is 42.5 Å². The van der Waals surface area contributed by atoms with Gasteiger partial charge in [0.15, 0.2) is 0 Å². The summed E-state index contributed by atoms with van der Waals surface area (Å²) in [7, 11) is 0. The van der Waals surface area contributed by atoms with Gasteiger partial charge in [-0.1, -0.05) is 65.0 Å². The number of rotatable bonds is 7. The summed E-state index contributed by atoms with van der Waals surface area (Å²) in [4.78, 5) is 14.2. The molecule has 4 nitrogen and oxygen atoms in total. The standard InChI is InChI=1S/C42H62N2O2S/c1-28(2)31-14-19-42(43-22-23-44-24-26-47-27-25-44)21-20-40(6)33(36(31)42)12-13-35-39(5)17-15-32(29-8-10-30(11-9-29)37(45)46)38(3,4)34(39)16-18-41(35,40)7/h8-11,15,31,33-36,43H,1,12-14,16-27H2,2-7H3,(H,45,46)/t31-,33+,34-,35+,36+,39-,40+,41+,42?/m0/s1. The Hall–Kier alpha value is -1.56. The maximum atomic E-state index is 11.5. The fourth-order valence-electron chi connectivity index (χ4n) is 13.6. The number of carboxylic acids is 1. The Morgan fingerprint density at radius 2 is 1.66 bits per heavy atom. The van der Waals surface area contributed by atoms with Gasteiger partial charge in [-0.15, -0.1) is 0 Å². The van der Waals surface area contributed by atoms with E-state index in [9.17, 15) is 9.90 Å². The molecule has 5 fully saturated rings. The second-order valence-electron chi connectivity index (χ2n) is 18.1. The molecule has 0 spiro atoms. The van der Waals surface area contributed by atoms with Gasteiger partial charge in [0.1, 0.15) is 0 Å². The van der Waals surface area contributed by atoms with E-state index in [-0.39, 0.29) is 16.4 Å².